The van der Waals surface area contributed by atoms with Crippen LogP contribution in [-0.4, -0.2) is 96.1 Å². The summed E-state index contributed by atoms with van der Waals surface area (Å²) < 4.78 is 11.2. The van der Waals surface area contributed by atoms with Gasteiger partial charge in [0.15, 0.2) is 11.6 Å². The van der Waals surface area contributed by atoms with Crippen LogP contribution in [0.25, 0.3) is 11.1 Å². The molecule has 0 bridgehead atoms. The van der Waals surface area contributed by atoms with Gasteiger partial charge >= 0.3 is 0 Å². The zero-order valence-corrected chi connectivity index (χ0v) is 26.2. The Morgan fingerprint density at radius 2 is 1.87 bits per heavy atom. The number of ether oxygens (including phenoxy) is 2. The zero-order chi connectivity index (χ0) is 33.1. The highest BCUT2D eigenvalue weighted by atomic mass is 16.5. The summed E-state index contributed by atoms with van der Waals surface area (Å²) in [6.07, 6.45) is 1.70. The summed E-state index contributed by atoms with van der Waals surface area (Å²) in [6, 6.07) is 8.28. The van der Waals surface area contributed by atoms with Gasteiger partial charge in [0.25, 0.3) is 5.91 Å². The molecular weight excluding hydrogens is 590 g/mol. The van der Waals surface area contributed by atoms with Gasteiger partial charge in [0.2, 0.25) is 0 Å². The Hall–Kier alpha value is -4.45. The summed E-state index contributed by atoms with van der Waals surface area (Å²) in [5, 5.41) is 34.2. The lowest BCUT2D eigenvalue weighted by molar-refractivity contribution is -0.131. The predicted molar refractivity (Wildman–Crippen MR) is 169 cm³/mol. The molecule has 4 atom stereocenters. The number of aliphatic hydroxyl groups is 2. The number of morpholine rings is 1. The Morgan fingerprint density at radius 1 is 1.15 bits per heavy atom. The molecule has 242 valence electrons. The van der Waals surface area contributed by atoms with Crippen molar-refractivity contribution in [1.29, 1.82) is 0 Å². The van der Waals surface area contributed by atoms with E-state index in [0.29, 0.717) is 36.6 Å². The second-order valence-corrected chi connectivity index (χ2v) is 12.7. The van der Waals surface area contributed by atoms with Gasteiger partial charge in [-0.05, 0) is 67.7 Å². The van der Waals surface area contributed by atoms with E-state index < -0.39 is 57.9 Å². The van der Waals surface area contributed by atoms with Crippen molar-refractivity contribution in [2.24, 2.45) is 23.0 Å². The van der Waals surface area contributed by atoms with Gasteiger partial charge in [0.1, 0.15) is 34.0 Å². The summed E-state index contributed by atoms with van der Waals surface area (Å²) in [7, 11) is 4.95. The number of carbonyl (C=O) groups excluding carboxylic acids is 3. The van der Waals surface area contributed by atoms with Crippen molar-refractivity contribution in [2.45, 2.75) is 25.4 Å². The van der Waals surface area contributed by atoms with Crippen molar-refractivity contribution < 1.29 is 39.2 Å². The number of nitrogens with two attached hydrogens (primary N) is 1. The molecule has 0 unspecified atom stereocenters. The molecule has 46 heavy (non-hydrogen) atoms. The molecule has 1 amide bonds. The molecule has 1 heterocycles. The van der Waals surface area contributed by atoms with E-state index in [2.05, 4.69) is 11.5 Å². The molecule has 1 saturated heterocycles. The number of nitrogens with zero attached hydrogens (tertiary/aromatic N) is 2. The topological polar surface area (TPSA) is 163 Å². The lowest BCUT2D eigenvalue weighted by Gasteiger charge is -2.51. The number of benzene rings is 2. The standard InChI is InChI=1S/C35H39N3O8/c1-5-35-23(29(37(2)3)31(41)28(33(35)43)34(36)44)16-19-15-22-20(7-8-24(39)27(22)30(40)26(19)32(35)42)21-14-18(6-9-25(21)45-4)17-38-10-12-46-13-11-38/h5-9,14,19,23,29,39,41-42H,1,10-13,15-17H2,2-4H3,(H2,36,44)/t19-,23-,29-,35+/m0/s1. The molecule has 6 rings (SSSR count). The number of rotatable bonds is 7. The fourth-order valence-electron chi connectivity index (χ4n) is 7.99. The molecule has 11 nitrogen and oxygen atoms in total. The smallest absolute Gasteiger partial charge is 0.255 e. The quantitative estimate of drug-likeness (QED) is 0.265. The summed E-state index contributed by atoms with van der Waals surface area (Å²) in [6.45, 7) is 7.54. The maximum Gasteiger partial charge on any atom is 0.255 e. The predicted octanol–water partition coefficient (Wildman–Crippen LogP) is 3.07. The minimum atomic E-state index is -1.88. The number of amides is 1. The third-order valence-corrected chi connectivity index (χ3v) is 10.1. The van der Waals surface area contributed by atoms with E-state index >= 15 is 0 Å². The number of aliphatic hydroxyl groups excluding tert-OH is 2. The zero-order valence-electron chi connectivity index (χ0n) is 26.2. The second kappa shape index (κ2) is 11.7. The average molecular weight is 630 g/mol. The number of phenolic OH excluding ortho intramolecular Hbond substituents is 1. The lowest BCUT2D eigenvalue weighted by atomic mass is 9.53. The monoisotopic (exact) mass is 629 g/mol. The third-order valence-electron chi connectivity index (χ3n) is 10.1. The normalized spacial score (nSPS) is 26.5. The average Bonchev–Trinajstić information content (AvgIpc) is 3.01. The molecule has 5 N–H and O–H groups in total. The molecule has 1 fully saturated rings. The van der Waals surface area contributed by atoms with Crippen LogP contribution in [0.5, 0.6) is 11.5 Å². The number of aromatic hydroxyl groups is 1. The van der Waals surface area contributed by atoms with Crippen LogP contribution in [-0.2, 0) is 27.3 Å². The van der Waals surface area contributed by atoms with Crippen molar-refractivity contribution in [3.63, 3.8) is 0 Å². The number of hydrogen-bond donors (Lipinski definition) is 4. The Kier molecular flexibility index (Phi) is 8.04. The van der Waals surface area contributed by atoms with E-state index in [1.807, 2.05) is 18.2 Å². The molecule has 0 aromatic heterocycles. The molecule has 0 spiro atoms. The van der Waals surface area contributed by atoms with Crippen LogP contribution >= 0.6 is 0 Å². The van der Waals surface area contributed by atoms with Gasteiger partial charge < -0.3 is 30.5 Å². The van der Waals surface area contributed by atoms with Crippen molar-refractivity contribution in [3.05, 3.63) is 82.3 Å². The fourth-order valence-corrected chi connectivity index (χ4v) is 7.99. The van der Waals surface area contributed by atoms with Gasteiger partial charge in [-0.15, -0.1) is 6.58 Å². The Labute approximate surface area is 267 Å². The number of hydrogen-bond acceptors (Lipinski definition) is 10. The molecule has 3 aliphatic carbocycles. The fraction of sp³-hybridized carbons (Fsp3) is 0.400. The van der Waals surface area contributed by atoms with Gasteiger partial charge in [0, 0.05) is 36.7 Å². The number of ketones is 2. The third kappa shape index (κ3) is 4.64. The van der Waals surface area contributed by atoms with Gasteiger partial charge in [-0.3, -0.25) is 24.2 Å². The van der Waals surface area contributed by atoms with Crippen molar-refractivity contribution >= 4 is 17.5 Å². The maximum atomic E-state index is 14.3. The molecule has 2 aromatic carbocycles. The second-order valence-electron chi connectivity index (χ2n) is 12.7. The molecule has 0 radical (unpaired) electrons. The van der Waals surface area contributed by atoms with Gasteiger partial charge in [0.05, 0.1) is 31.9 Å². The van der Waals surface area contributed by atoms with E-state index in [9.17, 15) is 29.7 Å². The highest BCUT2D eigenvalue weighted by molar-refractivity contribution is 6.24. The Morgan fingerprint density at radius 3 is 2.50 bits per heavy atom. The highest BCUT2D eigenvalue weighted by Gasteiger charge is 2.62. The molecule has 2 aromatic rings. The number of phenols is 1. The summed E-state index contributed by atoms with van der Waals surface area (Å²) >= 11 is 0. The number of fused-ring (bicyclic) bond motifs is 3. The van der Waals surface area contributed by atoms with Crippen LogP contribution in [0, 0.1) is 17.3 Å². The van der Waals surface area contributed by atoms with E-state index in [4.69, 9.17) is 15.2 Å². The van der Waals surface area contributed by atoms with Crippen molar-refractivity contribution in [1.82, 2.24) is 9.80 Å². The number of likely N-dealkylation sites (N-methyl/N-ethyl adjacent to an activating group) is 1. The lowest BCUT2D eigenvalue weighted by Crippen LogP contribution is -2.59. The van der Waals surface area contributed by atoms with Crippen LogP contribution < -0.4 is 10.5 Å². The minimum absolute atomic E-state index is 0.0137. The van der Waals surface area contributed by atoms with E-state index in [0.717, 1.165) is 24.2 Å². The SMILES string of the molecule is C=C[C@@]12C(=O)C(C(N)=O)=C(O)[C@@H](N(C)C)[C@@H]1C[C@@H]1Cc3c(-c4cc(CN5CCOCC5)ccc4OC)ccc(O)c3C(=O)C1=C2O. The van der Waals surface area contributed by atoms with E-state index in [1.54, 1.807) is 32.2 Å². The molecule has 11 heteroatoms. The van der Waals surface area contributed by atoms with Gasteiger partial charge in [-0.1, -0.05) is 18.2 Å². The summed E-state index contributed by atoms with van der Waals surface area (Å²) in [5.74, 6) is -4.65. The first-order chi connectivity index (χ1) is 22.0. The van der Waals surface area contributed by atoms with Crippen LogP contribution in [0.2, 0.25) is 0 Å². The number of allylic oxidation sites excluding steroid dienone is 2. The van der Waals surface area contributed by atoms with Crippen molar-refractivity contribution in [3.8, 4) is 22.6 Å². The maximum absolute atomic E-state index is 14.3. The molecular formula is C35H39N3O8. The first-order valence-corrected chi connectivity index (χ1v) is 15.3. The highest BCUT2D eigenvalue weighted by Crippen LogP contribution is 2.57. The van der Waals surface area contributed by atoms with Crippen LogP contribution in [0.15, 0.2) is 65.7 Å². The van der Waals surface area contributed by atoms with E-state index in [-0.39, 0.29) is 29.7 Å². The Balaban J connectivity index is 1.50. The molecule has 1 aliphatic heterocycles. The van der Waals surface area contributed by atoms with E-state index in [1.165, 1.54) is 12.1 Å². The largest absolute Gasteiger partial charge is 0.510 e. The first kappa shape index (κ1) is 31.5. The van der Waals surface area contributed by atoms with Crippen molar-refractivity contribution in [2.75, 3.05) is 47.5 Å². The number of Topliss-reactive ketones (excluding diaryl/α,β-unsaturated/α-hetero) is 2. The minimum Gasteiger partial charge on any atom is -0.510 e. The van der Waals surface area contributed by atoms with Gasteiger partial charge in [-0.25, -0.2) is 0 Å². The summed E-state index contributed by atoms with van der Waals surface area (Å²) in [5.41, 5.74) is 6.18. The van der Waals surface area contributed by atoms with Crippen LogP contribution in [0.4, 0.5) is 0 Å². The molecule has 4 aliphatic rings. The number of primary amides is 1. The van der Waals surface area contributed by atoms with Gasteiger partial charge in [-0.2, -0.15) is 0 Å². The number of methoxy groups -OCH3 is 1. The Bertz CT molecular complexity index is 1720. The number of carbonyl (C=O) groups is 3. The van der Waals surface area contributed by atoms with Crippen LogP contribution in [0.1, 0.15) is 27.9 Å². The van der Waals surface area contributed by atoms with Crippen LogP contribution in [0.3, 0.4) is 0 Å². The first-order valence-electron chi connectivity index (χ1n) is 15.3. The molecule has 0 saturated carbocycles. The summed E-state index contributed by atoms with van der Waals surface area (Å²) in [4.78, 5) is 44.7.